The van der Waals surface area contributed by atoms with Gasteiger partial charge in [0.25, 0.3) is 0 Å². The van der Waals surface area contributed by atoms with E-state index in [2.05, 4.69) is 11.8 Å². The number of hydrogen-bond donors (Lipinski definition) is 2. The van der Waals surface area contributed by atoms with E-state index in [1.165, 1.54) is 0 Å². The highest BCUT2D eigenvalue weighted by molar-refractivity contribution is 4.82. The highest BCUT2D eigenvalue weighted by Crippen LogP contribution is 2.29. The normalized spacial score (nSPS) is 40.4. The first-order chi connectivity index (χ1) is 8.19. The predicted octanol–water partition coefficient (Wildman–Crippen LogP) is 0.477. The molecule has 4 atom stereocenters. The van der Waals surface area contributed by atoms with Gasteiger partial charge >= 0.3 is 0 Å². The summed E-state index contributed by atoms with van der Waals surface area (Å²) in [6.07, 6.45) is 3.05. The van der Waals surface area contributed by atoms with Crippen LogP contribution in [0, 0.1) is 11.8 Å². The quantitative estimate of drug-likeness (QED) is 0.757. The van der Waals surface area contributed by atoms with Crippen molar-refractivity contribution < 1.29 is 14.9 Å². The van der Waals surface area contributed by atoms with E-state index >= 15 is 0 Å². The molecule has 1 aliphatic carbocycles. The molecule has 100 valence electrons. The molecule has 1 heterocycles. The van der Waals surface area contributed by atoms with Crippen molar-refractivity contribution in [3.05, 3.63) is 0 Å². The molecule has 1 saturated carbocycles. The molecule has 0 radical (unpaired) electrons. The van der Waals surface area contributed by atoms with Crippen molar-refractivity contribution in [2.75, 3.05) is 32.8 Å². The number of rotatable bonds is 3. The first-order valence-corrected chi connectivity index (χ1v) is 6.82. The van der Waals surface area contributed by atoms with Gasteiger partial charge in [0.2, 0.25) is 0 Å². The van der Waals surface area contributed by atoms with E-state index in [0.717, 1.165) is 44.8 Å². The van der Waals surface area contributed by atoms with Gasteiger partial charge in [0.05, 0.1) is 25.4 Å². The molecule has 0 spiro atoms. The van der Waals surface area contributed by atoms with Crippen LogP contribution in [0.1, 0.15) is 26.2 Å². The van der Waals surface area contributed by atoms with Gasteiger partial charge in [-0.1, -0.05) is 6.92 Å². The monoisotopic (exact) mass is 243 g/mol. The molecule has 2 fully saturated rings. The fraction of sp³-hybridized carbons (Fsp3) is 1.00. The lowest BCUT2D eigenvalue weighted by Crippen LogP contribution is -2.48. The van der Waals surface area contributed by atoms with E-state index in [-0.39, 0.29) is 18.8 Å². The number of aliphatic hydroxyl groups is 2. The molecule has 1 aliphatic heterocycles. The van der Waals surface area contributed by atoms with Crippen LogP contribution in [-0.4, -0.2) is 60.2 Å². The standard InChI is InChI=1S/C13H25NO3/c1-10-2-3-13(16)11(6-10)7-14-4-5-17-12(8-14)9-15/h10-13,15-16H,2-9H2,1H3. The largest absolute Gasteiger partial charge is 0.394 e. The molecule has 2 N–H and O–H groups in total. The van der Waals surface area contributed by atoms with E-state index in [9.17, 15) is 5.11 Å². The molecule has 0 aromatic rings. The molecule has 0 amide bonds. The van der Waals surface area contributed by atoms with Crippen LogP contribution in [-0.2, 0) is 4.74 Å². The Hall–Kier alpha value is -0.160. The fourth-order valence-electron chi connectivity index (χ4n) is 3.07. The second-order valence-corrected chi connectivity index (χ2v) is 5.68. The van der Waals surface area contributed by atoms with E-state index in [0.29, 0.717) is 12.5 Å². The molecule has 4 unspecified atom stereocenters. The Kier molecular flexibility index (Phi) is 4.79. The van der Waals surface area contributed by atoms with Crippen molar-refractivity contribution in [3.63, 3.8) is 0 Å². The minimum atomic E-state index is -0.137. The van der Waals surface area contributed by atoms with Gasteiger partial charge in [0.15, 0.2) is 0 Å². The van der Waals surface area contributed by atoms with Gasteiger partial charge in [0.1, 0.15) is 0 Å². The van der Waals surface area contributed by atoms with Crippen LogP contribution < -0.4 is 0 Å². The van der Waals surface area contributed by atoms with Crippen LogP contribution in [0.5, 0.6) is 0 Å². The van der Waals surface area contributed by atoms with Crippen molar-refractivity contribution in [3.8, 4) is 0 Å². The second-order valence-electron chi connectivity index (χ2n) is 5.68. The number of morpholine rings is 1. The molecule has 4 nitrogen and oxygen atoms in total. The lowest BCUT2D eigenvalue weighted by Gasteiger charge is -2.38. The second kappa shape index (κ2) is 6.14. The highest BCUT2D eigenvalue weighted by Gasteiger charge is 2.30. The van der Waals surface area contributed by atoms with Crippen LogP contribution in [0.15, 0.2) is 0 Å². The lowest BCUT2D eigenvalue weighted by atomic mass is 9.80. The zero-order valence-electron chi connectivity index (χ0n) is 10.7. The number of ether oxygens (including phenoxy) is 1. The SMILES string of the molecule is CC1CCC(O)C(CN2CCOC(CO)C2)C1. The van der Waals surface area contributed by atoms with Crippen molar-refractivity contribution >= 4 is 0 Å². The van der Waals surface area contributed by atoms with Crippen molar-refractivity contribution in [1.29, 1.82) is 0 Å². The van der Waals surface area contributed by atoms with Gasteiger partial charge in [-0.3, -0.25) is 4.90 Å². The predicted molar refractivity (Wildman–Crippen MR) is 65.8 cm³/mol. The number of aliphatic hydroxyl groups excluding tert-OH is 2. The maximum absolute atomic E-state index is 10.0. The minimum absolute atomic E-state index is 0.0399. The van der Waals surface area contributed by atoms with Gasteiger partial charge in [-0.2, -0.15) is 0 Å². The molecule has 2 aliphatic rings. The molecular formula is C13H25NO3. The first-order valence-electron chi connectivity index (χ1n) is 6.82. The van der Waals surface area contributed by atoms with Crippen molar-refractivity contribution in [1.82, 2.24) is 4.90 Å². The van der Waals surface area contributed by atoms with Gasteiger partial charge < -0.3 is 14.9 Å². The smallest absolute Gasteiger partial charge is 0.0932 e. The average molecular weight is 243 g/mol. The summed E-state index contributed by atoms with van der Waals surface area (Å²) < 4.78 is 5.44. The zero-order chi connectivity index (χ0) is 12.3. The number of hydrogen-bond acceptors (Lipinski definition) is 4. The zero-order valence-corrected chi connectivity index (χ0v) is 10.7. The summed E-state index contributed by atoms with van der Waals surface area (Å²) in [5.74, 6) is 1.13. The van der Waals surface area contributed by atoms with Gasteiger partial charge in [-0.05, 0) is 31.1 Å². The Labute approximate surface area is 104 Å². The molecule has 0 bridgehead atoms. The lowest BCUT2D eigenvalue weighted by molar-refractivity contribution is -0.0657. The third kappa shape index (κ3) is 3.65. The molecular weight excluding hydrogens is 218 g/mol. The molecule has 4 heteroatoms. The highest BCUT2D eigenvalue weighted by atomic mass is 16.5. The Bertz CT molecular complexity index is 237. The molecule has 1 saturated heterocycles. The van der Waals surface area contributed by atoms with E-state index in [4.69, 9.17) is 9.84 Å². The Morgan fingerprint density at radius 3 is 2.94 bits per heavy atom. The first kappa shape index (κ1) is 13.3. The van der Waals surface area contributed by atoms with Crippen molar-refractivity contribution in [2.45, 2.75) is 38.4 Å². The molecule has 0 aromatic carbocycles. The summed E-state index contributed by atoms with van der Waals surface area (Å²) >= 11 is 0. The summed E-state index contributed by atoms with van der Waals surface area (Å²) in [5.41, 5.74) is 0. The van der Waals surface area contributed by atoms with Crippen LogP contribution >= 0.6 is 0 Å². The van der Waals surface area contributed by atoms with Crippen LogP contribution in [0.25, 0.3) is 0 Å². The maximum atomic E-state index is 10.0. The third-order valence-corrected chi connectivity index (χ3v) is 4.12. The Morgan fingerprint density at radius 2 is 2.18 bits per heavy atom. The molecule has 0 aromatic heterocycles. The Morgan fingerprint density at radius 1 is 1.35 bits per heavy atom. The fourth-order valence-corrected chi connectivity index (χ4v) is 3.07. The Balaban J connectivity index is 1.82. The maximum Gasteiger partial charge on any atom is 0.0932 e. The summed E-state index contributed by atoms with van der Waals surface area (Å²) in [6.45, 7) is 5.74. The molecule has 2 rings (SSSR count). The van der Waals surface area contributed by atoms with Gasteiger partial charge in [-0.15, -0.1) is 0 Å². The van der Waals surface area contributed by atoms with Crippen LogP contribution in [0.3, 0.4) is 0 Å². The third-order valence-electron chi connectivity index (χ3n) is 4.12. The van der Waals surface area contributed by atoms with Gasteiger partial charge in [-0.25, -0.2) is 0 Å². The summed E-state index contributed by atoms with van der Waals surface area (Å²) in [5, 5.41) is 19.1. The molecule has 17 heavy (non-hydrogen) atoms. The van der Waals surface area contributed by atoms with E-state index in [1.54, 1.807) is 0 Å². The summed E-state index contributed by atoms with van der Waals surface area (Å²) in [7, 11) is 0. The van der Waals surface area contributed by atoms with E-state index < -0.39 is 0 Å². The van der Waals surface area contributed by atoms with Crippen molar-refractivity contribution in [2.24, 2.45) is 11.8 Å². The summed E-state index contributed by atoms with van der Waals surface area (Å²) in [4.78, 5) is 2.33. The average Bonchev–Trinajstić information content (AvgIpc) is 2.34. The topological polar surface area (TPSA) is 52.9 Å². The van der Waals surface area contributed by atoms with E-state index in [1.807, 2.05) is 0 Å². The minimum Gasteiger partial charge on any atom is -0.394 e. The summed E-state index contributed by atoms with van der Waals surface area (Å²) in [6, 6.07) is 0. The van der Waals surface area contributed by atoms with Gasteiger partial charge in [0, 0.05) is 19.6 Å². The van der Waals surface area contributed by atoms with Crippen LogP contribution in [0.2, 0.25) is 0 Å². The van der Waals surface area contributed by atoms with Crippen LogP contribution in [0.4, 0.5) is 0 Å². The number of nitrogens with zero attached hydrogens (tertiary/aromatic N) is 1.